The van der Waals surface area contributed by atoms with Crippen LogP contribution in [0.1, 0.15) is 21.5 Å². The van der Waals surface area contributed by atoms with E-state index in [0.29, 0.717) is 9.88 Å². The number of amides is 1. The Hall–Kier alpha value is -3.11. The summed E-state index contributed by atoms with van der Waals surface area (Å²) in [5, 5.41) is 21.6. The number of aryl methyl sites for hydroxylation is 1. The number of methoxy groups -OCH3 is 1. The third-order valence-corrected chi connectivity index (χ3v) is 6.16. The van der Waals surface area contributed by atoms with Crippen LogP contribution in [0.4, 0.5) is 9.52 Å². The van der Waals surface area contributed by atoms with Crippen molar-refractivity contribution < 1.29 is 23.8 Å². The van der Waals surface area contributed by atoms with E-state index < -0.39 is 29.3 Å². The number of aliphatic hydroxyl groups excluding tert-OH is 1. The van der Waals surface area contributed by atoms with E-state index in [9.17, 15) is 19.1 Å². The zero-order chi connectivity index (χ0) is 20.7. The molecule has 1 aliphatic rings. The highest BCUT2D eigenvalue weighted by molar-refractivity contribution is 7.15. The Balaban J connectivity index is 1.96. The van der Waals surface area contributed by atoms with E-state index in [1.54, 1.807) is 24.4 Å². The summed E-state index contributed by atoms with van der Waals surface area (Å²) >= 11 is 2.48. The SMILES string of the molecule is COc1ccc(F)cc1/C(O)=C1\C(=O)C(=O)N(c2nnc(C)s2)[C@@H]1c1cccs1. The van der Waals surface area contributed by atoms with Crippen LogP contribution in [0.2, 0.25) is 0 Å². The minimum absolute atomic E-state index is 0.0134. The molecule has 1 N–H and O–H groups in total. The molecule has 0 aliphatic carbocycles. The van der Waals surface area contributed by atoms with Crippen molar-refractivity contribution in [2.24, 2.45) is 0 Å². The van der Waals surface area contributed by atoms with Gasteiger partial charge in [0, 0.05) is 4.88 Å². The van der Waals surface area contributed by atoms with Gasteiger partial charge in [0.2, 0.25) is 5.13 Å². The maximum absolute atomic E-state index is 13.9. The number of carbonyl (C=O) groups excluding carboxylic acids is 2. The van der Waals surface area contributed by atoms with Crippen LogP contribution in [-0.2, 0) is 9.59 Å². The van der Waals surface area contributed by atoms with Gasteiger partial charge < -0.3 is 9.84 Å². The van der Waals surface area contributed by atoms with Crippen molar-refractivity contribution in [3.8, 4) is 5.75 Å². The van der Waals surface area contributed by atoms with E-state index >= 15 is 0 Å². The molecule has 3 heterocycles. The van der Waals surface area contributed by atoms with Gasteiger partial charge in [-0.2, -0.15) is 0 Å². The van der Waals surface area contributed by atoms with E-state index in [2.05, 4.69) is 10.2 Å². The van der Waals surface area contributed by atoms with Crippen molar-refractivity contribution >= 4 is 45.3 Å². The van der Waals surface area contributed by atoms with E-state index in [0.717, 1.165) is 17.4 Å². The minimum Gasteiger partial charge on any atom is -0.507 e. The zero-order valence-corrected chi connectivity index (χ0v) is 16.9. The van der Waals surface area contributed by atoms with Crippen molar-refractivity contribution in [2.45, 2.75) is 13.0 Å². The Morgan fingerprint density at radius 1 is 1.28 bits per heavy atom. The van der Waals surface area contributed by atoms with Gasteiger partial charge in [-0.25, -0.2) is 4.39 Å². The van der Waals surface area contributed by atoms with E-state index in [1.807, 2.05) is 0 Å². The minimum atomic E-state index is -0.907. The summed E-state index contributed by atoms with van der Waals surface area (Å²) in [6.07, 6.45) is 0. The molecule has 1 aliphatic heterocycles. The normalized spacial score (nSPS) is 18.4. The molecule has 3 aromatic rings. The lowest BCUT2D eigenvalue weighted by molar-refractivity contribution is -0.132. The molecule has 0 unspecified atom stereocenters. The van der Waals surface area contributed by atoms with Crippen molar-refractivity contribution in [1.29, 1.82) is 0 Å². The summed E-state index contributed by atoms with van der Waals surface area (Å²) in [5.74, 6) is -2.68. The number of aromatic nitrogens is 2. The lowest BCUT2D eigenvalue weighted by Gasteiger charge is -2.21. The fourth-order valence-electron chi connectivity index (χ4n) is 3.14. The highest BCUT2D eigenvalue weighted by atomic mass is 32.1. The molecule has 2 aromatic heterocycles. The molecule has 4 rings (SSSR count). The molecular formula is C19H14FN3O4S2. The molecule has 0 radical (unpaired) electrons. The third kappa shape index (κ3) is 3.19. The largest absolute Gasteiger partial charge is 0.507 e. The fraction of sp³-hybridized carbons (Fsp3) is 0.158. The molecule has 0 saturated carbocycles. The van der Waals surface area contributed by atoms with Crippen LogP contribution in [0.5, 0.6) is 5.75 Å². The third-order valence-electron chi connectivity index (χ3n) is 4.40. The first-order valence-corrected chi connectivity index (χ1v) is 10.1. The molecule has 1 saturated heterocycles. The Morgan fingerprint density at radius 2 is 2.07 bits per heavy atom. The summed E-state index contributed by atoms with van der Waals surface area (Å²) in [7, 11) is 1.36. The molecule has 1 aromatic carbocycles. The molecular weight excluding hydrogens is 417 g/mol. The first-order valence-electron chi connectivity index (χ1n) is 8.40. The highest BCUT2D eigenvalue weighted by Gasteiger charge is 2.49. The van der Waals surface area contributed by atoms with Crippen LogP contribution >= 0.6 is 22.7 Å². The summed E-state index contributed by atoms with van der Waals surface area (Å²) in [4.78, 5) is 27.6. The molecule has 1 fully saturated rings. The average molecular weight is 431 g/mol. The fourth-order valence-corrected chi connectivity index (χ4v) is 4.68. The standard InChI is InChI=1S/C19H14FN3O4S2/c1-9-21-22-19(29-9)23-15(13-4-3-7-28-13)14(17(25)18(23)26)16(24)11-8-10(20)5-6-12(11)27-2/h3-8,15,24H,1-2H3/b16-14+/t15-/m1/s1. The molecule has 0 bridgehead atoms. The zero-order valence-electron chi connectivity index (χ0n) is 15.2. The number of anilines is 1. The number of Topliss-reactive ketones (excluding diaryl/α,β-unsaturated/α-hetero) is 1. The quantitative estimate of drug-likeness (QED) is 0.385. The van der Waals surface area contributed by atoms with Crippen LogP contribution in [0.3, 0.4) is 0 Å². The Morgan fingerprint density at radius 3 is 2.69 bits per heavy atom. The number of hydrogen-bond donors (Lipinski definition) is 1. The van der Waals surface area contributed by atoms with Crippen molar-refractivity contribution in [2.75, 3.05) is 12.0 Å². The number of nitrogens with zero attached hydrogens (tertiary/aromatic N) is 3. The summed E-state index contributed by atoms with van der Waals surface area (Å²) in [6, 6.07) is 6.19. The first-order chi connectivity index (χ1) is 13.9. The van der Waals surface area contributed by atoms with E-state index in [4.69, 9.17) is 4.74 Å². The Kier molecular flexibility index (Phi) is 4.89. The van der Waals surface area contributed by atoms with Crippen LogP contribution in [-0.4, -0.2) is 34.1 Å². The molecule has 148 valence electrons. The van der Waals surface area contributed by atoms with Crippen molar-refractivity contribution in [3.63, 3.8) is 0 Å². The number of benzene rings is 1. The Bertz CT molecular complexity index is 1140. The van der Waals surface area contributed by atoms with Crippen LogP contribution < -0.4 is 9.64 Å². The number of aliphatic hydroxyl groups is 1. The monoisotopic (exact) mass is 431 g/mol. The Labute approximate surface area is 172 Å². The predicted octanol–water partition coefficient (Wildman–Crippen LogP) is 3.68. The number of ketones is 1. The highest BCUT2D eigenvalue weighted by Crippen LogP contribution is 2.45. The van der Waals surface area contributed by atoms with Crippen molar-refractivity contribution in [3.05, 3.63) is 62.6 Å². The molecule has 1 amide bonds. The lowest BCUT2D eigenvalue weighted by Crippen LogP contribution is -2.29. The van der Waals surface area contributed by atoms with Crippen LogP contribution in [0.15, 0.2) is 41.3 Å². The lowest BCUT2D eigenvalue weighted by atomic mass is 9.99. The van der Waals surface area contributed by atoms with Gasteiger partial charge in [-0.05, 0) is 36.6 Å². The number of hydrogen-bond acceptors (Lipinski definition) is 8. The average Bonchev–Trinajstić information content (AvgIpc) is 3.42. The van der Waals surface area contributed by atoms with Gasteiger partial charge in [-0.15, -0.1) is 21.5 Å². The maximum Gasteiger partial charge on any atom is 0.301 e. The predicted molar refractivity (Wildman–Crippen MR) is 107 cm³/mol. The van der Waals surface area contributed by atoms with Gasteiger partial charge >= 0.3 is 5.91 Å². The summed E-state index contributed by atoms with van der Waals surface area (Å²) in [6.45, 7) is 1.73. The second-order valence-corrected chi connectivity index (χ2v) is 8.27. The molecule has 10 heteroatoms. The van der Waals surface area contributed by atoms with Gasteiger partial charge in [-0.1, -0.05) is 17.4 Å². The number of rotatable bonds is 4. The van der Waals surface area contributed by atoms with Gasteiger partial charge in [-0.3, -0.25) is 14.5 Å². The second kappa shape index (κ2) is 7.37. The maximum atomic E-state index is 13.9. The van der Waals surface area contributed by atoms with E-state index in [1.165, 1.54) is 35.5 Å². The van der Waals surface area contributed by atoms with Crippen LogP contribution in [0, 0.1) is 12.7 Å². The van der Waals surface area contributed by atoms with Gasteiger partial charge in [0.25, 0.3) is 5.78 Å². The van der Waals surface area contributed by atoms with Gasteiger partial charge in [0.1, 0.15) is 28.4 Å². The topological polar surface area (TPSA) is 92.6 Å². The van der Waals surface area contributed by atoms with Crippen LogP contribution in [0.25, 0.3) is 5.76 Å². The molecule has 7 nitrogen and oxygen atoms in total. The summed E-state index contributed by atoms with van der Waals surface area (Å²) in [5.41, 5.74) is -0.172. The molecule has 0 spiro atoms. The van der Waals surface area contributed by atoms with E-state index in [-0.39, 0.29) is 22.0 Å². The van der Waals surface area contributed by atoms with Crippen molar-refractivity contribution in [1.82, 2.24) is 10.2 Å². The number of halogens is 1. The molecule has 1 atom stereocenters. The number of carbonyl (C=O) groups is 2. The smallest absolute Gasteiger partial charge is 0.301 e. The van der Waals surface area contributed by atoms with Gasteiger partial charge in [0.15, 0.2) is 0 Å². The first kappa shape index (κ1) is 19.2. The number of thiophene rings is 1. The molecule has 29 heavy (non-hydrogen) atoms. The second-order valence-electron chi connectivity index (χ2n) is 6.13. The summed E-state index contributed by atoms with van der Waals surface area (Å²) < 4.78 is 19.0. The van der Waals surface area contributed by atoms with Gasteiger partial charge in [0.05, 0.1) is 18.2 Å². The number of ether oxygens (including phenoxy) is 1.